The van der Waals surface area contributed by atoms with Crippen LogP contribution in [0.2, 0.25) is 0 Å². The van der Waals surface area contributed by atoms with Crippen LogP contribution in [0.25, 0.3) is 0 Å². The molecule has 6 unspecified atom stereocenters. The number of aliphatic hydroxyl groups is 1. The maximum Gasteiger partial charge on any atom is 0.312 e. The summed E-state index contributed by atoms with van der Waals surface area (Å²) in [6, 6.07) is 0. The molecular weight excluding hydrogens is 180 g/mol. The smallest absolute Gasteiger partial charge is 0.312 e. The fourth-order valence-electron chi connectivity index (χ4n) is 3.36. The molecule has 0 radical (unpaired) electrons. The summed E-state index contributed by atoms with van der Waals surface area (Å²) >= 11 is 0. The fraction of sp³-hybridized carbons (Fsp3) is 0.727. The van der Waals surface area contributed by atoms with E-state index in [0.29, 0.717) is 24.4 Å². The number of esters is 1. The number of rotatable bonds is 2. The zero-order chi connectivity index (χ0) is 9.87. The number of carbonyl (C=O) groups excluding carboxylic acids is 1. The first-order valence-electron chi connectivity index (χ1n) is 5.28. The van der Waals surface area contributed by atoms with Crippen LogP contribution in [0.1, 0.15) is 6.92 Å². The van der Waals surface area contributed by atoms with E-state index >= 15 is 0 Å². The molecule has 0 amide bonds. The van der Waals surface area contributed by atoms with Crippen molar-refractivity contribution in [1.82, 2.24) is 0 Å². The molecule has 0 saturated heterocycles. The van der Waals surface area contributed by atoms with Gasteiger partial charge in [-0.1, -0.05) is 12.2 Å². The molecule has 76 valence electrons. The minimum Gasteiger partial charge on any atom is -0.466 e. The first kappa shape index (κ1) is 8.48. The molecule has 0 spiro atoms. The highest BCUT2D eigenvalue weighted by Crippen LogP contribution is 2.67. The number of ether oxygens (including phenoxy) is 1. The van der Waals surface area contributed by atoms with E-state index in [2.05, 4.69) is 12.2 Å². The Morgan fingerprint density at radius 3 is 2.71 bits per heavy atom. The average molecular weight is 194 g/mol. The van der Waals surface area contributed by atoms with Gasteiger partial charge in [-0.05, 0) is 30.6 Å². The van der Waals surface area contributed by atoms with E-state index in [-0.39, 0.29) is 17.8 Å². The Balaban J connectivity index is 1.81. The molecule has 3 rings (SSSR count). The summed E-state index contributed by atoms with van der Waals surface area (Å²) < 4.78 is 4.98. The van der Waals surface area contributed by atoms with Crippen molar-refractivity contribution < 1.29 is 14.6 Å². The Morgan fingerprint density at radius 1 is 1.36 bits per heavy atom. The lowest BCUT2D eigenvalue weighted by atomic mass is 9.91. The van der Waals surface area contributed by atoms with Gasteiger partial charge in [0.1, 0.15) is 0 Å². The monoisotopic (exact) mass is 194 g/mol. The molecule has 14 heavy (non-hydrogen) atoms. The SMILES string of the molecule is CCOC(=O)C1C(O)C2C3C=CC1C32. The molecule has 3 aliphatic rings. The van der Waals surface area contributed by atoms with E-state index in [1.54, 1.807) is 6.92 Å². The summed E-state index contributed by atoms with van der Waals surface area (Å²) in [4.78, 5) is 11.6. The van der Waals surface area contributed by atoms with Gasteiger partial charge in [-0.2, -0.15) is 0 Å². The van der Waals surface area contributed by atoms with Gasteiger partial charge in [-0.25, -0.2) is 0 Å². The van der Waals surface area contributed by atoms with Crippen molar-refractivity contribution in [3.05, 3.63) is 12.2 Å². The molecular formula is C11H14O3. The first-order valence-corrected chi connectivity index (χ1v) is 5.28. The third-order valence-corrected chi connectivity index (χ3v) is 3.93. The summed E-state index contributed by atoms with van der Waals surface area (Å²) in [5.74, 6) is 1.18. The van der Waals surface area contributed by atoms with Gasteiger partial charge in [0.05, 0.1) is 18.6 Å². The van der Waals surface area contributed by atoms with Crippen LogP contribution in [-0.4, -0.2) is 23.8 Å². The number of aliphatic hydroxyl groups excluding tert-OH is 1. The van der Waals surface area contributed by atoms with Crippen LogP contribution in [0.4, 0.5) is 0 Å². The molecule has 2 saturated carbocycles. The lowest BCUT2D eigenvalue weighted by Crippen LogP contribution is -2.32. The molecule has 1 N–H and O–H groups in total. The van der Waals surface area contributed by atoms with Gasteiger partial charge in [0.15, 0.2) is 0 Å². The summed E-state index contributed by atoms with van der Waals surface area (Å²) in [6.45, 7) is 2.20. The van der Waals surface area contributed by atoms with Gasteiger partial charge in [0.25, 0.3) is 0 Å². The van der Waals surface area contributed by atoms with Crippen LogP contribution in [-0.2, 0) is 9.53 Å². The molecule has 0 aliphatic heterocycles. The summed E-state index contributed by atoms with van der Waals surface area (Å²) in [5.41, 5.74) is 0. The Morgan fingerprint density at radius 2 is 2.07 bits per heavy atom. The van der Waals surface area contributed by atoms with Crippen molar-refractivity contribution in [3.8, 4) is 0 Å². The molecule has 2 fully saturated rings. The lowest BCUT2D eigenvalue weighted by Gasteiger charge is -2.19. The highest BCUT2D eigenvalue weighted by Gasteiger charge is 2.69. The fourth-order valence-corrected chi connectivity index (χ4v) is 3.36. The maximum atomic E-state index is 11.6. The third-order valence-electron chi connectivity index (χ3n) is 3.93. The number of fused-ring (bicyclic) bond motifs is 1. The van der Waals surface area contributed by atoms with E-state index in [1.807, 2.05) is 0 Å². The van der Waals surface area contributed by atoms with Gasteiger partial charge in [0, 0.05) is 0 Å². The largest absolute Gasteiger partial charge is 0.466 e. The summed E-state index contributed by atoms with van der Waals surface area (Å²) in [6.07, 6.45) is 3.77. The van der Waals surface area contributed by atoms with E-state index in [0.717, 1.165) is 0 Å². The number of hydrogen-bond acceptors (Lipinski definition) is 3. The topological polar surface area (TPSA) is 46.5 Å². The molecule has 3 nitrogen and oxygen atoms in total. The van der Waals surface area contributed by atoms with Crippen LogP contribution in [0.5, 0.6) is 0 Å². The Kier molecular flexibility index (Phi) is 1.57. The highest BCUT2D eigenvalue weighted by molar-refractivity contribution is 5.75. The quantitative estimate of drug-likeness (QED) is 0.517. The molecule has 3 heteroatoms. The summed E-state index contributed by atoms with van der Waals surface area (Å²) in [5, 5.41) is 9.94. The Labute approximate surface area is 82.8 Å². The van der Waals surface area contributed by atoms with Gasteiger partial charge < -0.3 is 9.84 Å². The third kappa shape index (κ3) is 0.836. The predicted octanol–water partition coefficient (Wildman–Crippen LogP) is 0.588. The second-order valence-corrected chi connectivity index (χ2v) is 4.46. The van der Waals surface area contributed by atoms with E-state index in [1.165, 1.54) is 0 Å². The second kappa shape index (κ2) is 2.60. The van der Waals surface area contributed by atoms with E-state index < -0.39 is 6.10 Å². The zero-order valence-corrected chi connectivity index (χ0v) is 8.09. The van der Waals surface area contributed by atoms with E-state index in [9.17, 15) is 9.90 Å². The number of carbonyl (C=O) groups is 1. The average Bonchev–Trinajstić information content (AvgIpc) is 2.65. The van der Waals surface area contributed by atoms with Crippen molar-refractivity contribution in [2.24, 2.45) is 29.6 Å². The van der Waals surface area contributed by atoms with Gasteiger partial charge in [0.2, 0.25) is 0 Å². The lowest BCUT2D eigenvalue weighted by molar-refractivity contribution is -0.153. The van der Waals surface area contributed by atoms with Gasteiger partial charge in [-0.3, -0.25) is 4.79 Å². The minimum atomic E-state index is -0.468. The Bertz CT molecular complexity index is 310. The number of allylic oxidation sites excluding steroid dienone is 2. The van der Waals surface area contributed by atoms with Crippen LogP contribution in [0, 0.1) is 29.6 Å². The predicted molar refractivity (Wildman–Crippen MR) is 49.2 cm³/mol. The number of hydrogen-bond donors (Lipinski definition) is 1. The molecule has 6 atom stereocenters. The zero-order valence-electron chi connectivity index (χ0n) is 8.09. The van der Waals surface area contributed by atoms with Crippen LogP contribution in [0.3, 0.4) is 0 Å². The van der Waals surface area contributed by atoms with Crippen molar-refractivity contribution in [2.45, 2.75) is 13.0 Å². The van der Waals surface area contributed by atoms with Crippen molar-refractivity contribution in [1.29, 1.82) is 0 Å². The standard InChI is InChI=1S/C11H14O3/c1-2-14-11(13)9-6-4-3-5-7(6)8(5)10(9)12/h3-10,12H,2H2,1H3. The molecule has 0 aromatic heterocycles. The molecule has 0 heterocycles. The molecule has 0 bridgehead atoms. The Hall–Kier alpha value is -0.830. The maximum absolute atomic E-state index is 11.6. The second-order valence-electron chi connectivity index (χ2n) is 4.46. The first-order chi connectivity index (χ1) is 6.75. The highest BCUT2D eigenvalue weighted by atomic mass is 16.5. The normalized spacial score (nSPS) is 51.9. The van der Waals surface area contributed by atoms with Crippen LogP contribution >= 0.6 is 0 Å². The van der Waals surface area contributed by atoms with Crippen molar-refractivity contribution >= 4 is 5.97 Å². The minimum absolute atomic E-state index is 0.220. The van der Waals surface area contributed by atoms with Gasteiger partial charge >= 0.3 is 5.97 Å². The van der Waals surface area contributed by atoms with Crippen molar-refractivity contribution in [3.63, 3.8) is 0 Å². The van der Waals surface area contributed by atoms with Crippen LogP contribution in [0.15, 0.2) is 12.2 Å². The molecule has 3 aliphatic carbocycles. The molecule has 0 aromatic rings. The van der Waals surface area contributed by atoms with E-state index in [4.69, 9.17) is 4.74 Å². The summed E-state index contributed by atoms with van der Waals surface area (Å²) in [7, 11) is 0. The van der Waals surface area contributed by atoms with Gasteiger partial charge in [-0.15, -0.1) is 0 Å². The van der Waals surface area contributed by atoms with Crippen LogP contribution < -0.4 is 0 Å². The molecule has 0 aromatic carbocycles. The van der Waals surface area contributed by atoms with Crippen molar-refractivity contribution in [2.75, 3.05) is 6.61 Å².